The molecule has 1 aromatic heterocycles. The highest BCUT2D eigenvalue weighted by molar-refractivity contribution is 5.38. The molecule has 0 aliphatic carbocycles. The van der Waals surface area contributed by atoms with Crippen molar-refractivity contribution in [1.82, 2.24) is 4.98 Å². The monoisotopic (exact) mass is 184 g/mol. The summed E-state index contributed by atoms with van der Waals surface area (Å²) in [5.41, 5.74) is 0.955. The Kier molecular flexibility index (Phi) is 2.51. The highest BCUT2D eigenvalue weighted by atomic mass is 16.7. The van der Waals surface area contributed by atoms with Gasteiger partial charge in [0.15, 0.2) is 0 Å². The van der Waals surface area contributed by atoms with Crippen molar-refractivity contribution >= 4 is 5.82 Å². The third kappa shape index (κ3) is 2.38. The summed E-state index contributed by atoms with van der Waals surface area (Å²) < 4.78 is 0. The molecule has 72 valence electrons. The Morgan fingerprint density at radius 1 is 1.31 bits per heavy atom. The summed E-state index contributed by atoms with van der Waals surface area (Å²) in [6.45, 7) is 1.86. The molecule has 3 N–H and O–H groups in total. The highest BCUT2D eigenvalue weighted by Gasteiger charge is 2.26. The second kappa shape index (κ2) is 3.29. The van der Waals surface area contributed by atoms with Crippen LogP contribution in [0.4, 0.5) is 5.82 Å². The van der Waals surface area contributed by atoms with Gasteiger partial charge in [0.05, 0.1) is 0 Å². The molecule has 0 atom stereocenters. The fourth-order valence-corrected chi connectivity index (χ4v) is 0.812. The standard InChI is InChI=1S/C8H12N2O3/c1-6-3-4-7(9-5-6)10(2)8(11,12)13/h3-5,11-13H,1-2H3. The van der Waals surface area contributed by atoms with Gasteiger partial charge in [-0.1, -0.05) is 6.07 Å². The number of nitrogens with zero attached hydrogens (tertiary/aromatic N) is 2. The molecule has 0 aliphatic heterocycles. The molecule has 0 aliphatic rings. The number of pyridine rings is 1. The molecule has 1 rings (SSSR count). The zero-order valence-electron chi connectivity index (χ0n) is 7.47. The van der Waals surface area contributed by atoms with E-state index in [1.54, 1.807) is 18.3 Å². The Morgan fingerprint density at radius 3 is 2.31 bits per heavy atom. The van der Waals surface area contributed by atoms with E-state index in [1.807, 2.05) is 6.92 Å². The van der Waals surface area contributed by atoms with Crippen molar-refractivity contribution in [3.8, 4) is 0 Å². The van der Waals surface area contributed by atoms with E-state index in [2.05, 4.69) is 4.98 Å². The average Bonchev–Trinajstić information content (AvgIpc) is 2.03. The second-order valence-electron chi connectivity index (χ2n) is 2.85. The summed E-state index contributed by atoms with van der Waals surface area (Å²) in [5, 5.41) is 26.4. The minimum atomic E-state index is -2.87. The topological polar surface area (TPSA) is 76.8 Å². The van der Waals surface area contributed by atoms with Crippen LogP contribution >= 0.6 is 0 Å². The van der Waals surface area contributed by atoms with Crippen LogP contribution in [0.3, 0.4) is 0 Å². The van der Waals surface area contributed by atoms with Gasteiger partial charge in [-0.25, -0.2) is 4.98 Å². The van der Waals surface area contributed by atoms with Gasteiger partial charge in [0.25, 0.3) is 0 Å². The maximum Gasteiger partial charge on any atom is 0.370 e. The lowest BCUT2D eigenvalue weighted by Gasteiger charge is -2.26. The summed E-state index contributed by atoms with van der Waals surface area (Å²) in [6.07, 6.45) is -1.31. The Morgan fingerprint density at radius 2 is 1.92 bits per heavy atom. The van der Waals surface area contributed by atoms with Gasteiger partial charge in [0.2, 0.25) is 0 Å². The molecule has 0 bridgehead atoms. The van der Waals surface area contributed by atoms with Crippen molar-refractivity contribution in [2.24, 2.45) is 0 Å². The predicted molar refractivity (Wildman–Crippen MR) is 46.8 cm³/mol. The summed E-state index contributed by atoms with van der Waals surface area (Å²) in [5.74, 6) is 0.276. The molecule has 0 saturated heterocycles. The van der Waals surface area contributed by atoms with Gasteiger partial charge in [0, 0.05) is 13.2 Å². The van der Waals surface area contributed by atoms with Crippen LogP contribution in [0.25, 0.3) is 0 Å². The van der Waals surface area contributed by atoms with Gasteiger partial charge in [-0.3, -0.25) is 4.90 Å². The molecule has 1 heterocycles. The Balaban J connectivity index is 2.90. The van der Waals surface area contributed by atoms with E-state index < -0.39 is 6.10 Å². The average molecular weight is 184 g/mol. The van der Waals surface area contributed by atoms with Crippen molar-refractivity contribution in [2.75, 3.05) is 11.9 Å². The smallest absolute Gasteiger partial charge is 0.325 e. The summed E-state index contributed by atoms with van der Waals surface area (Å²) >= 11 is 0. The van der Waals surface area contributed by atoms with Crippen molar-refractivity contribution in [3.63, 3.8) is 0 Å². The SMILES string of the molecule is Cc1ccc(N(C)C(O)(O)O)nc1. The van der Waals surface area contributed by atoms with Crippen LogP contribution in [0.15, 0.2) is 18.3 Å². The van der Waals surface area contributed by atoms with Crippen LogP contribution < -0.4 is 4.90 Å². The van der Waals surface area contributed by atoms with E-state index in [0.29, 0.717) is 0 Å². The fourth-order valence-electron chi connectivity index (χ4n) is 0.812. The van der Waals surface area contributed by atoms with E-state index in [9.17, 15) is 0 Å². The summed E-state index contributed by atoms with van der Waals surface area (Å²) in [4.78, 5) is 4.73. The third-order valence-electron chi connectivity index (χ3n) is 1.69. The molecule has 5 heteroatoms. The van der Waals surface area contributed by atoms with Crippen molar-refractivity contribution in [3.05, 3.63) is 23.9 Å². The molecule has 0 spiro atoms. The molecule has 0 aromatic carbocycles. The van der Waals surface area contributed by atoms with Crippen LogP contribution in [0.1, 0.15) is 5.56 Å². The van der Waals surface area contributed by atoms with Crippen molar-refractivity contribution in [2.45, 2.75) is 13.0 Å². The minimum Gasteiger partial charge on any atom is -0.325 e. The number of aliphatic hydroxyl groups is 3. The number of hydrogen-bond acceptors (Lipinski definition) is 5. The normalized spacial score (nSPS) is 11.5. The van der Waals surface area contributed by atoms with E-state index >= 15 is 0 Å². The molecular weight excluding hydrogens is 172 g/mol. The Labute approximate surface area is 75.9 Å². The van der Waals surface area contributed by atoms with Gasteiger partial charge < -0.3 is 15.3 Å². The van der Waals surface area contributed by atoms with Crippen LogP contribution in [0.5, 0.6) is 0 Å². The number of anilines is 1. The molecule has 0 amide bonds. The maximum atomic E-state index is 8.81. The van der Waals surface area contributed by atoms with Crippen molar-refractivity contribution in [1.29, 1.82) is 0 Å². The van der Waals surface area contributed by atoms with Crippen LogP contribution in [-0.4, -0.2) is 33.4 Å². The first-order valence-corrected chi connectivity index (χ1v) is 3.75. The first-order chi connectivity index (χ1) is 5.91. The van der Waals surface area contributed by atoms with E-state index in [4.69, 9.17) is 15.3 Å². The summed E-state index contributed by atoms with van der Waals surface area (Å²) in [7, 11) is 1.32. The van der Waals surface area contributed by atoms with Crippen LogP contribution in [0, 0.1) is 6.92 Å². The first-order valence-electron chi connectivity index (χ1n) is 3.75. The second-order valence-corrected chi connectivity index (χ2v) is 2.85. The molecule has 0 saturated carbocycles. The lowest BCUT2D eigenvalue weighted by molar-refractivity contribution is -0.308. The molecular formula is C8H12N2O3. The fraction of sp³-hybridized carbons (Fsp3) is 0.375. The van der Waals surface area contributed by atoms with Gasteiger partial charge in [-0.15, -0.1) is 0 Å². The lowest BCUT2D eigenvalue weighted by atomic mass is 10.3. The molecule has 0 unspecified atom stereocenters. The van der Waals surface area contributed by atoms with E-state index in [0.717, 1.165) is 10.5 Å². The zero-order valence-corrected chi connectivity index (χ0v) is 7.47. The van der Waals surface area contributed by atoms with Gasteiger partial charge in [-0.05, 0) is 18.6 Å². The third-order valence-corrected chi connectivity index (χ3v) is 1.69. The maximum absolute atomic E-state index is 8.81. The lowest BCUT2D eigenvalue weighted by Crippen LogP contribution is -2.46. The van der Waals surface area contributed by atoms with E-state index in [-0.39, 0.29) is 5.82 Å². The minimum absolute atomic E-state index is 0.276. The van der Waals surface area contributed by atoms with Crippen LogP contribution in [-0.2, 0) is 0 Å². The number of hydrogen-bond donors (Lipinski definition) is 3. The zero-order chi connectivity index (χ0) is 10.1. The largest absolute Gasteiger partial charge is 0.370 e. The molecule has 13 heavy (non-hydrogen) atoms. The molecule has 1 aromatic rings. The first kappa shape index (κ1) is 9.91. The number of aromatic nitrogens is 1. The van der Waals surface area contributed by atoms with Gasteiger partial charge >= 0.3 is 6.10 Å². The Bertz CT molecular complexity index is 278. The quantitative estimate of drug-likeness (QED) is 0.536. The van der Waals surface area contributed by atoms with E-state index in [1.165, 1.54) is 7.05 Å². The molecule has 5 nitrogen and oxygen atoms in total. The van der Waals surface area contributed by atoms with Gasteiger partial charge in [0.1, 0.15) is 5.82 Å². The molecule has 0 fully saturated rings. The van der Waals surface area contributed by atoms with Crippen molar-refractivity contribution < 1.29 is 15.3 Å². The number of aryl methyl sites for hydroxylation is 1. The van der Waals surface area contributed by atoms with Crippen LogP contribution in [0.2, 0.25) is 0 Å². The van der Waals surface area contributed by atoms with Gasteiger partial charge in [-0.2, -0.15) is 0 Å². The number of rotatable bonds is 2. The summed E-state index contributed by atoms with van der Waals surface area (Å²) in [6, 6.07) is 3.33. The Hall–Kier alpha value is -1.17. The predicted octanol–water partition coefficient (Wildman–Crippen LogP) is -0.586. The molecule has 0 radical (unpaired) electrons. The highest BCUT2D eigenvalue weighted by Crippen LogP contribution is 2.14.